The highest BCUT2D eigenvalue weighted by Crippen LogP contribution is 2.47. The Labute approximate surface area is 540 Å². The lowest BCUT2D eigenvalue weighted by atomic mass is 9.71. The zero-order chi connectivity index (χ0) is 65.4. The number of aromatic hydroxyl groups is 2. The Bertz CT molecular complexity index is 2800. The predicted molar refractivity (Wildman–Crippen MR) is 363 cm³/mol. The van der Waals surface area contributed by atoms with Crippen LogP contribution in [-0.2, 0) is 28.0 Å². The molecule has 0 aliphatic heterocycles. The molecule has 500 valence electrons. The largest absolute Gasteiger partial charge is 0.508 e. The second kappa shape index (κ2) is 35.7. The molecular formula is C75H115N5O10. The summed E-state index contributed by atoms with van der Waals surface area (Å²) in [4.78, 5) is 4.30. The van der Waals surface area contributed by atoms with Crippen LogP contribution >= 0.6 is 0 Å². The molecule has 0 saturated heterocycles. The maximum atomic E-state index is 11.2. The van der Waals surface area contributed by atoms with E-state index in [1.54, 1.807) is 51.7 Å². The molecule has 0 unspecified atom stereocenters. The lowest BCUT2D eigenvalue weighted by Crippen LogP contribution is -2.43. The molecule has 90 heavy (non-hydrogen) atoms. The number of phenols is 2. The SMILES string of the molecule is CN(C)C[C@H]1CCCC[C@]1(O)c1cccc(O)c1.CNC[C@H]1CCCC[C@]1(O)c1cccc(O)c1.CNC[C@H]1CCCC[C@]1(O)c1cccc(OC)c1.CNC[C@H]1CCCC[C@]1(O)c1cccc(OC)c1.COc1cccc([C@@]2(O)CCCC[C@@H]2CN(C)C)c1. The average molecular weight is 1250 g/mol. The van der Waals surface area contributed by atoms with Gasteiger partial charge < -0.3 is 75.7 Å². The van der Waals surface area contributed by atoms with Crippen molar-refractivity contribution in [2.24, 2.45) is 29.6 Å². The van der Waals surface area contributed by atoms with Crippen LogP contribution in [0.4, 0.5) is 0 Å². The molecule has 5 aromatic carbocycles. The first kappa shape index (κ1) is 73.7. The van der Waals surface area contributed by atoms with Gasteiger partial charge in [-0.05, 0) is 202 Å². The summed E-state index contributed by atoms with van der Waals surface area (Å²) in [6.45, 7) is 4.33. The summed E-state index contributed by atoms with van der Waals surface area (Å²) >= 11 is 0. The van der Waals surface area contributed by atoms with Crippen molar-refractivity contribution in [3.05, 3.63) is 149 Å². The molecule has 15 heteroatoms. The summed E-state index contributed by atoms with van der Waals surface area (Å²) in [5.41, 5.74) is 0.956. The molecule has 10 N–H and O–H groups in total. The van der Waals surface area contributed by atoms with E-state index in [0.29, 0.717) is 5.92 Å². The van der Waals surface area contributed by atoms with Crippen LogP contribution < -0.4 is 30.2 Å². The fraction of sp³-hybridized carbons (Fsp3) is 0.600. The van der Waals surface area contributed by atoms with Crippen molar-refractivity contribution in [3.8, 4) is 28.7 Å². The van der Waals surface area contributed by atoms with Crippen LogP contribution in [0.1, 0.15) is 156 Å². The first-order valence-electron chi connectivity index (χ1n) is 33.5. The van der Waals surface area contributed by atoms with Crippen molar-refractivity contribution in [2.45, 2.75) is 156 Å². The molecule has 0 amide bonds. The normalized spacial score (nSPS) is 28.3. The maximum absolute atomic E-state index is 11.2. The molecular weight excluding hydrogens is 1130 g/mol. The van der Waals surface area contributed by atoms with Crippen LogP contribution in [-0.4, -0.2) is 149 Å². The van der Waals surface area contributed by atoms with E-state index in [1.807, 2.05) is 126 Å². The predicted octanol–water partition coefficient (Wildman–Crippen LogP) is 11.5. The second-order valence-corrected chi connectivity index (χ2v) is 26.8. The van der Waals surface area contributed by atoms with Crippen LogP contribution in [0.25, 0.3) is 0 Å². The van der Waals surface area contributed by atoms with E-state index in [0.717, 1.165) is 174 Å². The van der Waals surface area contributed by atoms with Gasteiger partial charge in [0, 0.05) is 62.3 Å². The summed E-state index contributed by atoms with van der Waals surface area (Å²) in [5, 5.41) is 84.0. The van der Waals surface area contributed by atoms with Crippen molar-refractivity contribution < 1.29 is 50.0 Å². The number of hydrogen-bond donors (Lipinski definition) is 10. The lowest BCUT2D eigenvalue weighted by molar-refractivity contribution is -0.0621. The molecule has 0 heterocycles. The van der Waals surface area contributed by atoms with Gasteiger partial charge in [0.15, 0.2) is 0 Å². The number of phenolic OH excluding ortho intramolecular Hbond substituents is 2. The Balaban J connectivity index is 0.000000179. The first-order chi connectivity index (χ1) is 43.1. The smallest absolute Gasteiger partial charge is 0.119 e. The number of hydrogen-bond acceptors (Lipinski definition) is 15. The van der Waals surface area contributed by atoms with Crippen LogP contribution in [0, 0.1) is 29.6 Å². The zero-order valence-electron chi connectivity index (χ0n) is 56.4. The zero-order valence-corrected chi connectivity index (χ0v) is 56.4. The standard InChI is InChI=1S/C16H25NO2.3C15H23NO2.C14H21NO2/c1-17(2)12-14-7-4-5-10-16(14,18)13-8-6-9-15(11-13)19-3;2*1-16-11-13-6-3-4-9-15(13,17)12-7-5-8-14(10-12)18-2;1-16(2)11-13-6-3-4-9-15(13,18)12-7-5-8-14(17)10-12;1-15-10-12-5-2-3-8-14(12,17)11-6-4-7-13(16)9-11/h6,8-9,11,14,18H,4-5,7,10,12H2,1-3H3;2*5,7-8,10,13,16-17H,3-4,6,9,11H2,1-2H3;5,7-8,10,13,17-18H,3-4,6,9,11H2,1-2H3;4,6-7,9,12,15-17H,2-3,5,8,10H2,1H3/t14-,16+;3*13-,15+;12-,14+/m11111/s1. The van der Waals surface area contributed by atoms with Gasteiger partial charge in [-0.3, -0.25) is 0 Å². The number of methoxy groups -OCH3 is 3. The number of nitrogens with zero attached hydrogens (tertiary/aromatic N) is 2. The third kappa shape index (κ3) is 19.6. The van der Waals surface area contributed by atoms with Crippen molar-refractivity contribution in [1.82, 2.24) is 25.8 Å². The van der Waals surface area contributed by atoms with Crippen LogP contribution in [0.5, 0.6) is 28.7 Å². The fourth-order valence-electron chi connectivity index (χ4n) is 15.2. The van der Waals surface area contributed by atoms with Crippen molar-refractivity contribution >= 4 is 0 Å². The lowest BCUT2D eigenvalue weighted by Gasteiger charge is -2.41. The first-order valence-corrected chi connectivity index (χ1v) is 33.5. The Hall–Kier alpha value is -5.30. The summed E-state index contributed by atoms with van der Waals surface area (Å²) in [6.07, 6.45) is 20.8. The van der Waals surface area contributed by atoms with Crippen molar-refractivity contribution in [2.75, 3.05) is 103 Å². The van der Waals surface area contributed by atoms with Crippen LogP contribution in [0.3, 0.4) is 0 Å². The van der Waals surface area contributed by atoms with Gasteiger partial charge in [0.25, 0.3) is 0 Å². The number of nitrogens with one attached hydrogen (secondary N) is 3. The fourth-order valence-corrected chi connectivity index (χ4v) is 15.2. The van der Waals surface area contributed by atoms with Gasteiger partial charge in [-0.15, -0.1) is 0 Å². The summed E-state index contributed by atoms with van der Waals surface area (Å²) < 4.78 is 15.8. The maximum Gasteiger partial charge on any atom is 0.119 e. The van der Waals surface area contributed by atoms with E-state index in [4.69, 9.17) is 14.2 Å². The molecule has 15 nitrogen and oxygen atoms in total. The number of ether oxygens (including phenoxy) is 3. The molecule has 10 rings (SSSR count). The monoisotopic (exact) mass is 1250 g/mol. The molecule has 5 aliphatic rings. The number of aliphatic hydroxyl groups is 5. The molecule has 0 spiro atoms. The second-order valence-electron chi connectivity index (χ2n) is 26.8. The van der Waals surface area contributed by atoms with Crippen LogP contribution in [0.2, 0.25) is 0 Å². The van der Waals surface area contributed by atoms with Crippen LogP contribution in [0.15, 0.2) is 121 Å². The molecule has 5 aromatic rings. The average Bonchev–Trinajstić information content (AvgIpc) is 0.927. The van der Waals surface area contributed by atoms with E-state index in [1.165, 1.54) is 32.1 Å². The topological polar surface area (TPSA) is 212 Å². The molecule has 5 fully saturated rings. The Morgan fingerprint density at radius 1 is 0.356 bits per heavy atom. The van der Waals surface area contributed by atoms with Gasteiger partial charge in [-0.2, -0.15) is 0 Å². The van der Waals surface area contributed by atoms with E-state index in [2.05, 4.69) is 39.8 Å². The molecule has 5 aliphatic carbocycles. The summed E-state index contributed by atoms with van der Waals surface area (Å²) in [5.74, 6) is 4.23. The molecule has 0 bridgehead atoms. The molecule has 10 atom stereocenters. The summed E-state index contributed by atoms with van der Waals surface area (Å²) in [7, 11) is 19.0. The van der Waals surface area contributed by atoms with Crippen molar-refractivity contribution in [1.29, 1.82) is 0 Å². The van der Waals surface area contributed by atoms with Gasteiger partial charge >= 0.3 is 0 Å². The highest BCUT2D eigenvalue weighted by Gasteiger charge is 2.44. The third-order valence-corrected chi connectivity index (χ3v) is 20.1. The summed E-state index contributed by atoms with van der Waals surface area (Å²) in [6, 6.07) is 37.7. The van der Waals surface area contributed by atoms with E-state index in [9.17, 15) is 35.7 Å². The Morgan fingerprint density at radius 3 is 0.822 bits per heavy atom. The van der Waals surface area contributed by atoms with Gasteiger partial charge in [0.2, 0.25) is 0 Å². The minimum Gasteiger partial charge on any atom is -0.508 e. The Morgan fingerprint density at radius 2 is 0.589 bits per heavy atom. The van der Waals surface area contributed by atoms with E-state index < -0.39 is 28.0 Å². The highest BCUT2D eigenvalue weighted by molar-refractivity contribution is 5.37. The third-order valence-electron chi connectivity index (χ3n) is 20.1. The molecule has 0 radical (unpaired) electrons. The van der Waals surface area contributed by atoms with E-state index in [-0.39, 0.29) is 35.2 Å². The highest BCUT2D eigenvalue weighted by atomic mass is 16.5. The molecule has 5 saturated carbocycles. The van der Waals surface area contributed by atoms with Gasteiger partial charge in [0.1, 0.15) is 28.7 Å². The van der Waals surface area contributed by atoms with E-state index >= 15 is 0 Å². The minimum absolute atomic E-state index is 0.225. The minimum atomic E-state index is -0.792. The van der Waals surface area contributed by atoms with Gasteiger partial charge in [0.05, 0.1) is 49.3 Å². The van der Waals surface area contributed by atoms with Gasteiger partial charge in [-0.1, -0.05) is 125 Å². The Kier molecular flexibility index (Phi) is 29.2. The van der Waals surface area contributed by atoms with Crippen molar-refractivity contribution in [3.63, 3.8) is 0 Å². The number of benzene rings is 5. The number of rotatable bonds is 18. The van der Waals surface area contributed by atoms with Gasteiger partial charge in [-0.25, -0.2) is 0 Å². The quantitative estimate of drug-likeness (QED) is 0.0395. The molecule has 0 aromatic heterocycles.